The molecule has 1 heterocycles. The SMILES string of the molecule is CC(N)(CCc1ccc(C(=O)CCCCc2ccc(C(F)(F)F)cc2)s1)CCP(=O)(O)O. The maximum atomic E-state index is 12.6. The molecular formula is C22H29F3NO4PS. The van der Waals surface area contributed by atoms with E-state index in [0.717, 1.165) is 22.6 Å². The number of alkyl halides is 3. The number of thiophene rings is 1. The van der Waals surface area contributed by atoms with Crippen LogP contribution in [0.5, 0.6) is 0 Å². The maximum absolute atomic E-state index is 12.6. The zero-order chi connectivity index (χ0) is 24.0. The van der Waals surface area contributed by atoms with Crippen LogP contribution in [0.3, 0.4) is 0 Å². The number of hydrogen-bond acceptors (Lipinski definition) is 4. The fourth-order valence-electron chi connectivity index (χ4n) is 3.20. The molecule has 0 spiro atoms. The van der Waals surface area contributed by atoms with Gasteiger partial charge in [0.2, 0.25) is 0 Å². The Hall–Kier alpha value is -1.51. The van der Waals surface area contributed by atoms with Gasteiger partial charge in [0.15, 0.2) is 5.78 Å². The van der Waals surface area contributed by atoms with Gasteiger partial charge in [0, 0.05) is 16.8 Å². The van der Waals surface area contributed by atoms with Crippen molar-refractivity contribution in [2.45, 2.75) is 63.6 Å². The molecule has 0 aliphatic carbocycles. The summed E-state index contributed by atoms with van der Waals surface area (Å²) >= 11 is 1.40. The Balaban J connectivity index is 1.74. The smallest absolute Gasteiger partial charge is 0.325 e. The molecule has 0 aliphatic heterocycles. The quantitative estimate of drug-likeness (QED) is 0.204. The number of halogens is 3. The number of unbranched alkanes of at least 4 members (excludes halogenated alkanes) is 1. The summed E-state index contributed by atoms with van der Waals surface area (Å²) in [6.45, 7) is 1.76. The number of nitrogens with two attached hydrogens (primary N) is 1. The van der Waals surface area contributed by atoms with Crippen LogP contribution in [0.4, 0.5) is 13.2 Å². The van der Waals surface area contributed by atoms with Crippen LogP contribution in [0.15, 0.2) is 36.4 Å². The fraction of sp³-hybridized carbons (Fsp3) is 0.500. The van der Waals surface area contributed by atoms with E-state index < -0.39 is 24.9 Å². The largest absolute Gasteiger partial charge is 0.416 e. The Bertz CT molecular complexity index is 935. The molecule has 0 bridgehead atoms. The van der Waals surface area contributed by atoms with Crippen LogP contribution in [0.1, 0.15) is 64.7 Å². The standard InChI is InChI=1S/C22H29F3NO4PS/c1-21(26,14-15-31(28,29)30)13-12-18-10-11-20(32-18)19(27)5-3-2-4-16-6-8-17(9-7-16)22(23,24)25/h6-11H,2-5,12-15,26H2,1H3,(H2,28,29,30). The number of benzene rings is 1. The van der Waals surface area contributed by atoms with Gasteiger partial charge in [0.1, 0.15) is 0 Å². The van der Waals surface area contributed by atoms with E-state index in [-0.39, 0.29) is 18.4 Å². The van der Waals surface area contributed by atoms with Crippen LogP contribution < -0.4 is 5.73 Å². The molecule has 1 aromatic carbocycles. The van der Waals surface area contributed by atoms with E-state index in [0.29, 0.717) is 43.4 Å². The lowest BCUT2D eigenvalue weighted by atomic mass is 9.94. The first-order chi connectivity index (χ1) is 14.8. The molecule has 1 atom stereocenters. The molecule has 0 saturated carbocycles. The minimum absolute atomic E-state index is 0.0330. The highest BCUT2D eigenvalue weighted by molar-refractivity contribution is 7.51. The number of hydrogen-bond donors (Lipinski definition) is 3. The van der Waals surface area contributed by atoms with Gasteiger partial charge in [0.25, 0.3) is 0 Å². The van der Waals surface area contributed by atoms with Crippen molar-refractivity contribution >= 4 is 24.7 Å². The molecule has 5 nitrogen and oxygen atoms in total. The fourth-order valence-corrected chi connectivity index (χ4v) is 4.97. The summed E-state index contributed by atoms with van der Waals surface area (Å²) in [5, 5.41) is 0. The second-order valence-electron chi connectivity index (χ2n) is 8.38. The third-order valence-electron chi connectivity index (χ3n) is 5.25. The topological polar surface area (TPSA) is 101 Å². The minimum atomic E-state index is -4.34. The van der Waals surface area contributed by atoms with Gasteiger partial charge < -0.3 is 15.5 Å². The highest BCUT2D eigenvalue weighted by Gasteiger charge is 2.29. The van der Waals surface area contributed by atoms with Crippen molar-refractivity contribution in [1.29, 1.82) is 0 Å². The Morgan fingerprint density at radius 1 is 1.03 bits per heavy atom. The summed E-state index contributed by atoms with van der Waals surface area (Å²) in [5.41, 5.74) is 5.58. The van der Waals surface area contributed by atoms with Crippen molar-refractivity contribution in [3.63, 3.8) is 0 Å². The van der Waals surface area contributed by atoms with Crippen LogP contribution in [0, 0.1) is 0 Å². The van der Waals surface area contributed by atoms with Crippen LogP contribution in [-0.2, 0) is 23.6 Å². The van der Waals surface area contributed by atoms with Gasteiger partial charge in [-0.1, -0.05) is 12.1 Å². The molecule has 2 rings (SSSR count). The first-order valence-corrected chi connectivity index (χ1v) is 13.0. The first kappa shape index (κ1) is 26.7. The third-order valence-corrected chi connectivity index (χ3v) is 7.25. The van der Waals surface area contributed by atoms with Crippen LogP contribution in [0.2, 0.25) is 0 Å². The van der Waals surface area contributed by atoms with Crippen molar-refractivity contribution in [1.82, 2.24) is 0 Å². The highest BCUT2D eigenvalue weighted by Crippen LogP contribution is 2.37. The Labute approximate surface area is 190 Å². The van der Waals surface area contributed by atoms with E-state index in [1.54, 1.807) is 13.0 Å². The molecule has 32 heavy (non-hydrogen) atoms. The van der Waals surface area contributed by atoms with Crippen molar-refractivity contribution in [2.24, 2.45) is 5.73 Å². The van der Waals surface area contributed by atoms with E-state index in [9.17, 15) is 22.5 Å². The number of carbonyl (C=O) groups is 1. The Morgan fingerprint density at radius 2 is 1.69 bits per heavy atom. The maximum Gasteiger partial charge on any atom is 0.416 e. The van der Waals surface area contributed by atoms with Crippen molar-refractivity contribution in [3.05, 3.63) is 57.3 Å². The molecular weight excluding hydrogens is 462 g/mol. The predicted molar refractivity (Wildman–Crippen MR) is 120 cm³/mol. The van der Waals surface area contributed by atoms with Gasteiger partial charge in [-0.2, -0.15) is 13.2 Å². The summed E-state index contributed by atoms with van der Waals surface area (Å²) in [6.07, 6.45) is -0.850. The van der Waals surface area contributed by atoms with E-state index in [1.165, 1.54) is 23.5 Å². The van der Waals surface area contributed by atoms with Crippen LogP contribution in [0.25, 0.3) is 0 Å². The first-order valence-electron chi connectivity index (χ1n) is 10.4. The van der Waals surface area contributed by atoms with Crippen LogP contribution in [-0.4, -0.2) is 27.3 Å². The molecule has 10 heteroatoms. The number of rotatable bonds is 12. The summed E-state index contributed by atoms with van der Waals surface area (Å²) in [6, 6.07) is 8.75. The number of aryl methyl sites for hydroxylation is 2. The minimum Gasteiger partial charge on any atom is -0.325 e. The number of Topliss-reactive ketones (excluding diaryl/α,β-unsaturated/α-hetero) is 1. The van der Waals surface area contributed by atoms with Gasteiger partial charge in [-0.3, -0.25) is 9.36 Å². The van der Waals surface area contributed by atoms with E-state index in [4.69, 9.17) is 15.5 Å². The number of carbonyl (C=O) groups excluding carboxylic acids is 1. The lowest BCUT2D eigenvalue weighted by molar-refractivity contribution is -0.137. The molecule has 0 fully saturated rings. The monoisotopic (exact) mass is 491 g/mol. The van der Waals surface area contributed by atoms with Gasteiger partial charge >= 0.3 is 13.8 Å². The Morgan fingerprint density at radius 3 is 2.28 bits per heavy atom. The van der Waals surface area contributed by atoms with Gasteiger partial charge in [-0.15, -0.1) is 11.3 Å². The second-order valence-corrected chi connectivity index (χ2v) is 11.3. The van der Waals surface area contributed by atoms with Crippen molar-refractivity contribution < 1.29 is 32.3 Å². The van der Waals surface area contributed by atoms with Gasteiger partial charge in [-0.05, 0) is 75.3 Å². The summed E-state index contributed by atoms with van der Waals surface area (Å²) < 4.78 is 48.8. The molecule has 0 amide bonds. The van der Waals surface area contributed by atoms with Gasteiger partial charge in [-0.25, -0.2) is 0 Å². The lowest BCUT2D eigenvalue weighted by Gasteiger charge is -2.24. The molecule has 0 saturated heterocycles. The molecule has 4 N–H and O–H groups in total. The van der Waals surface area contributed by atoms with E-state index >= 15 is 0 Å². The lowest BCUT2D eigenvalue weighted by Crippen LogP contribution is -2.37. The average molecular weight is 492 g/mol. The molecule has 2 aromatic rings. The molecule has 1 unspecified atom stereocenters. The second kappa shape index (κ2) is 11.1. The molecule has 178 valence electrons. The average Bonchev–Trinajstić information content (AvgIpc) is 3.17. The number of ketones is 1. The third kappa shape index (κ3) is 9.55. The van der Waals surface area contributed by atoms with Gasteiger partial charge in [0.05, 0.1) is 16.6 Å². The van der Waals surface area contributed by atoms with E-state index in [1.807, 2.05) is 6.07 Å². The van der Waals surface area contributed by atoms with Crippen molar-refractivity contribution in [2.75, 3.05) is 6.16 Å². The highest BCUT2D eigenvalue weighted by atomic mass is 32.1. The molecule has 0 aliphatic rings. The Kier molecular flexibility index (Phi) is 9.25. The zero-order valence-corrected chi connectivity index (χ0v) is 19.6. The van der Waals surface area contributed by atoms with Crippen molar-refractivity contribution in [3.8, 4) is 0 Å². The van der Waals surface area contributed by atoms with E-state index in [2.05, 4.69) is 0 Å². The summed E-state index contributed by atoms with van der Waals surface area (Å²) in [7, 11) is -4.08. The van der Waals surface area contributed by atoms with Crippen LogP contribution >= 0.6 is 18.9 Å². The normalized spacial score (nSPS) is 14.3. The summed E-state index contributed by atoms with van der Waals surface area (Å²) in [5.74, 6) is 0.0330. The molecule has 1 aromatic heterocycles. The summed E-state index contributed by atoms with van der Waals surface area (Å²) in [4.78, 5) is 32.1. The molecule has 0 radical (unpaired) electrons. The zero-order valence-electron chi connectivity index (χ0n) is 17.9. The predicted octanol–water partition coefficient (Wildman–Crippen LogP) is 5.58.